The van der Waals surface area contributed by atoms with Gasteiger partial charge in [0.15, 0.2) is 0 Å². The van der Waals surface area contributed by atoms with Crippen LogP contribution in [0.1, 0.15) is 13.8 Å². The first-order valence-corrected chi connectivity index (χ1v) is 8.18. The van der Waals surface area contributed by atoms with Crippen molar-refractivity contribution in [3.05, 3.63) is 11.3 Å². The Morgan fingerprint density at radius 3 is 1.91 bits per heavy atom. The molecule has 0 radical (unpaired) electrons. The molecule has 11 heavy (non-hydrogen) atoms. The summed E-state index contributed by atoms with van der Waals surface area (Å²) >= 11 is 5.86. The van der Waals surface area contributed by atoms with Crippen LogP contribution in [0.25, 0.3) is 0 Å². The van der Waals surface area contributed by atoms with Crippen molar-refractivity contribution < 1.29 is 0 Å². The lowest BCUT2D eigenvalue weighted by Crippen LogP contribution is -2.25. The first kappa shape index (κ1) is 11.2. The molecule has 2 heteroatoms. The quantitative estimate of drug-likeness (QED) is 0.471. The smallest absolute Gasteiger partial charge is 0.0735 e. The molecule has 0 N–H and O–H groups in total. The summed E-state index contributed by atoms with van der Waals surface area (Å²) in [5, 5.41) is 1.48. The fourth-order valence-corrected chi connectivity index (χ4v) is 3.42. The summed E-state index contributed by atoms with van der Waals surface area (Å²) in [5.74, 6) is 1.35. The van der Waals surface area contributed by atoms with Gasteiger partial charge in [-0.25, -0.2) is 0 Å². The van der Waals surface area contributed by atoms with E-state index < -0.39 is 8.07 Å². The molecule has 0 spiro atoms. The van der Waals surface area contributed by atoms with Gasteiger partial charge in [0.05, 0.1) is 8.07 Å². The zero-order chi connectivity index (χ0) is 9.07. The highest BCUT2D eigenvalue weighted by Gasteiger charge is 2.18. The Balaban J connectivity index is 4.41. The summed E-state index contributed by atoms with van der Waals surface area (Å²) in [5.41, 5.74) is 0. The summed E-state index contributed by atoms with van der Waals surface area (Å²) in [6, 6.07) is 0. The van der Waals surface area contributed by atoms with E-state index >= 15 is 0 Å². The van der Waals surface area contributed by atoms with Gasteiger partial charge in [0.1, 0.15) is 0 Å². The van der Waals surface area contributed by atoms with Crippen LogP contribution in [0, 0.1) is 5.92 Å². The summed E-state index contributed by atoms with van der Waals surface area (Å²) in [7, 11) is -1.12. The van der Waals surface area contributed by atoms with E-state index in [1.54, 1.807) is 0 Å². The molecular weight excluding hydrogens is 172 g/mol. The minimum atomic E-state index is -1.12. The van der Waals surface area contributed by atoms with E-state index in [0.717, 1.165) is 0 Å². The Bertz CT molecular complexity index is 142. The molecular formula is C9H19ClSi. The predicted molar refractivity (Wildman–Crippen MR) is 57.0 cm³/mol. The normalized spacial score (nSPS) is 14.3. The van der Waals surface area contributed by atoms with Crippen molar-refractivity contribution in [2.45, 2.75) is 33.5 Å². The lowest BCUT2D eigenvalue weighted by atomic mass is 10.2. The Labute approximate surface area is 76.7 Å². The molecule has 0 heterocycles. The lowest BCUT2D eigenvalue weighted by Gasteiger charge is -2.19. The highest BCUT2D eigenvalue weighted by Crippen LogP contribution is 2.17. The number of alkyl halides is 1. The Kier molecular flexibility index (Phi) is 4.41. The number of hydrogen-bond acceptors (Lipinski definition) is 0. The highest BCUT2D eigenvalue weighted by molar-refractivity contribution is 6.83. The van der Waals surface area contributed by atoms with Crippen molar-refractivity contribution in [3.8, 4) is 0 Å². The van der Waals surface area contributed by atoms with Crippen molar-refractivity contribution in [1.82, 2.24) is 0 Å². The molecule has 0 saturated carbocycles. The van der Waals surface area contributed by atoms with Gasteiger partial charge in [0, 0.05) is 5.88 Å². The molecule has 0 aliphatic carbocycles. The van der Waals surface area contributed by atoms with E-state index in [2.05, 4.69) is 39.6 Å². The molecule has 0 atom stereocenters. The van der Waals surface area contributed by atoms with E-state index in [-0.39, 0.29) is 0 Å². The minimum Gasteiger partial charge on any atom is -0.122 e. The van der Waals surface area contributed by atoms with E-state index in [4.69, 9.17) is 11.6 Å². The molecule has 0 aliphatic heterocycles. The second kappa shape index (κ2) is 4.32. The van der Waals surface area contributed by atoms with E-state index in [1.807, 2.05) is 0 Å². The van der Waals surface area contributed by atoms with Crippen LogP contribution in [0.2, 0.25) is 19.6 Å². The fourth-order valence-electron chi connectivity index (χ4n) is 0.897. The lowest BCUT2D eigenvalue weighted by molar-refractivity contribution is 0.827. The SMILES string of the molecule is CC(C)/C=C(\CCl)[Si](C)(C)C. The third kappa shape index (κ3) is 4.65. The monoisotopic (exact) mass is 190 g/mol. The van der Waals surface area contributed by atoms with Crippen molar-refractivity contribution in [3.63, 3.8) is 0 Å². The average molecular weight is 191 g/mol. The van der Waals surface area contributed by atoms with E-state index in [0.29, 0.717) is 11.8 Å². The topological polar surface area (TPSA) is 0 Å². The molecule has 0 rings (SSSR count). The Hall–Kier alpha value is 0.247. The maximum absolute atomic E-state index is 5.86. The molecule has 0 aromatic carbocycles. The standard InChI is InChI=1S/C9H19ClSi/c1-8(2)6-9(7-10)11(3,4)5/h6,8H,7H2,1-5H3/b9-6+. The molecule has 0 amide bonds. The van der Waals surface area contributed by atoms with Crippen molar-refractivity contribution in [1.29, 1.82) is 0 Å². The number of allylic oxidation sites excluding steroid dienone is 2. The van der Waals surface area contributed by atoms with Gasteiger partial charge in [0.2, 0.25) is 0 Å². The highest BCUT2D eigenvalue weighted by atomic mass is 35.5. The van der Waals surface area contributed by atoms with Gasteiger partial charge in [-0.15, -0.1) is 11.6 Å². The van der Waals surface area contributed by atoms with Crippen LogP contribution in [-0.2, 0) is 0 Å². The molecule has 0 fully saturated rings. The molecule has 0 bridgehead atoms. The first-order valence-electron chi connectivity index (χ1n) is 4.15. The number of rotatable bonds is 3. The molecule has 0 aromatic heterocycles. The maximum Gasteiger partial charge on any atom is 0.0735 e. The van der Waals surface area contributed by atoms with Gasteiger partial charge in [-0.3, -0.25) is 0 Å². The first-order chi connectivity index (χ1) is 4.88. The number of hydrogen-bond donors (Lipinski definition) is 0. The van der Waals surface area contributed by atoms with Gasteiger partial charge in [-0.2, -0.15) is 0 Å². The van der Waals surface area contributed by atoms with E-state index in [9.17, 15) is 0 Å². The summed E-state index contributed by atoms with van der Waals surface area (Å²) in [6.45, 7) is 11.4. The van der Waals surface area contributed by atoms with Crippen LogP contribution in [0.3, 0.4) is 0 Å². The van der Waals surface area contributed by atoms with Crippen LogP contribution in [0.5, 0.6) is 0 Å². The van der Waals surface area contributed by atoms with Crippen molar-refractivity contribution in [2.75, 3.05) is 5.88 Å². The largest absolute Gasteiger partial charge is 0.122 e. The van der Waals surface area contributed by atoms with E-state index in [1.165, 1.54) is 5.20 Å². The van der Waals surface area contributed by atoms with Crippen molar-refractivity contribution >= 4 is 19.7 Å². The van der Waals surface area contributed by atoms with Gasteiger partial charge >= 0.3 is 0 Å². The van der Waals surface area contributed by atoms with Gasteiger partial charge < -0.3 is 0 Å². The maximum atomic E-state index is 5.86. The fraction of sp³-hybridized carbons (Fsp3) is 0.778. The minimum absolute atomic E-state index is 0.635. The van der Waals surface area contributed by atoms with Gasteiger partial charge in [0.25, 0.3) is 0 Å². The summed E-state index contributed by atoms with van der Waals surface area (Å²) < 4.78 is 0. The molecule has 0 aromatic rings. The predicted octanol–water partition coefficient (Wildman–Crippen LogP) is 3.69. The third-order valence-electron chi connectivity index (χ3n) is 1.64. The van der Waals surface area contributed by atoms with Crippen LogP contribution in [-0.4, -0.2) is 14.0 Å². The second-order valence-corrected chi connectivity index (χ2v) is 9.73. The zero-order valence-electron chi connectivity index (χ0n) is 8.24. The van der Waals surface area contributed by atoms with Crippen LogP contribution in [0.15, 0.2) is 11.3 Å². The Morgan fingerprint density at radius 1 is 1.36 bits per heavy atom. The van der Waals surface area contributed by atoms with Gasteiger partial charge in [-0.05, 0) is 5.92 Å². The Morgan fingerprint density at radius 2 is 1.82 bits per heavy atom. The molecule has 0 nitrogen and oxygen atoms in total. The van der Waals surface area contributed by atoms with Gasteiger partial charge in [-0.1, -0.05) is 44.8 Å². The second-order valence-electron chi connectivity index (χ2n) is 4.32. The third-order valence-corrected chi connectivity index (χ3v) is 4.42. The molecule has 66 valence electrons. The summed E-state index contributed by atoms with van der Waals surface area (Å²) in [4.78, 5) is 0. The molecule has 0 aliphatic rings. The summed E-state index contributed by atoms with van der Waals surface area (Å²) in [6.07, 6.45) is 2.32. The van der Waals surface area contributed by atoms with Crippen molar-refractivity contribution in [2.24, 2.45) is 5.92 Å². The molecule has 0 saturated heterocycles. The van der Waals surface area contributed by atoms with Crippen LogP contribution >= 0.6 is 11.6 Å². The molecule has 0 unspecified atom stereocenters. The average Bonchev–Trinajstić information content (AvgIpc) is 1.79. The zero-order valence-corrected chi connectivity index (χ0v) is 10.00. The van der Waals surface area contributed by atoms with Crippen LogP contribution in [0.4, 0.5) is 0 Å². The van der Waals surface area contributed by atoms with Crippen LogP contribution < -0.4 is 0 Å². The number of halogens is 1.